The van der Waals surface area contributed by atoms with E-state index in [4.69, 9.17) is 5.73 Å². The number of H-pyrrole nitrogens is 1. The Balaban J connectivity index is 2.44. The molecule has 1 aromatic carbocycles. The van der Waals surface area contributed by atoms with Gasteiger partial charge in [0.15, 0.2) is 0 Å². The molecule has 0 saturated carbocycles. The van der Waals surface area contributed by atoms with E-state index in [2.05, 4.69) is 29.3 Å². The van der Waals surface area contributed by atoms with Gasteiger partial charge in [-0.1, -0.05) is 37.3 Å². The summed E-state index contributed by atoms with van der Waals surface area (Å²) in [6, 6.07) is 10.2. The molecule has 0 aliphatic carbocycles. The Morgan fingerprint density at radius 1 is 1.25 bits per heavy atom. The SMILES string of the molecule is CCc1[nH]nc(-c2ccccc2)c1CCN. The number of hydrogen-bond acceptors (Lipinski definition) is 2. The van der Waals surface area contributed by atoms with Crippen molar-refractivity contribution in [3.05, 3.63) is 41.6 Å². The molecule has 0 fully saturated rings. The van der Waals surface area contributed by atoms with Crippen LogP contribution in [-0.2, 0) is 12.8 Å². The maximum Gasteiger partial charge on any atom is 0.0955 e. The highest BCUT2D eigenvalue weighted by Gasteiger charge is 2.12. The van der Waals surface area contributed by atoms with E-state index in [1.165, 1.54) is 11.3 Å². The third kappa shape index (κ3) is 1.99. The topological polar surface area (TPSA) is 54.7 Å². The summed E-state index contributed by atoms with van der Waals surface area (Å²) in [4.78, 5) is 0. The van der Waals surface area contributed by atoms with Crippen molar-refractivity contribution in [2.45, 2.75) is 19.8 Å². The van der Waals surface area contributed by atoms with Crippen LogP contribution in [0.15, 0.2) is 30.3 Å². The molecule has 0 atom stereocenters. The highest BCUT2D eigenvalue weighted by molar-refractivity contribution is 5.63. The number of rotatable bonds is 4. The van der Waals surface area contributed by atoms with Crippen molar-refractivity contribution < 1.29 is 0 Å². The first-order chi connectivity index (χ1) is 7.86. The molecule has 2 rings (SSSR count). The fourth-order valence-corrected chi connectivity index (χ4v) is 1.94. The third-order valence-corrected chi connectivity index (χ3v) is 2.75. The normalized spacial score (nSPS) is 10.6. The fourth-order valence-electron chi connectivity index (χ4n) is 1.94. The number of aromatic amines is 1. The standard InChI is InChI=1S/C13H17N3/c1-2-12-11(8-9-14)13(16-15-12)10-6-4-3-5-7-10/h3-7H,2,8-9,14H2,1H3,(H,15,16). The van der Waals surface area contributed by atoms with Gasteiger partial charge < -0.3 is 5.73 Å². The molecule has 16 heavy (non-hydrogen) atoms. The average Bonchev–Trinajstić information content (AvgIpc) is 2.74. The van der Waals surface area contributed by atoms with Crippen molar-refractivity contribution in [3.63, 3.8) is 0 Å². The summed E-state index contributed by atoms with van der Waals surface area (Å²) in [5, 5.41) is 7.50. The van der Waals surface area contributed by atoms with E-state index in [-0.39, 0.29) is 0 Å². The third-order valence-electron chi connectivity index (χ3n) is 2.75. The van der Waals surface area contributed by atoms with Crippen LogP contribution in [0.3, 0.4) is 0 Å². The van der Waals surface area contributed by atoms with Crippen LogP contribution >= 0.6 is 0 Å². The Bertz CT molecular complexity index is 445. The molecule has 0 aliphatic heterocycles. The Kier molecular flexibility index (Phi) is 3.37. The summed E-state index contributed by atoms with van der Waals surface area (Å²) in [5.41, 5.74) is 10.3. The van der Waals surface area contributed by atoms with E-state index >= 15 is 0 Å². The average molecular weight is 215 g/mol. The second-order valence-electron chi connectivity index (χ2n) is 3.79. The van der Waals surface area contributed by atoms with Gasteiger partial charge in [0.2, 0.25) is 0 Å². The Morgan fingerprint density at radius 2 is 2.00 bits per heavy atom. The second kappa shape index (κ2) is 4.94. The quantitative estimate of drug-likeness (QED) is 0.821. The van der Waals surface area contributed by atoms with Gasteiger partial charge in [0.25, 0.3) is 0 Å². The van der Waals surface area contributed by atoms with Gasteiger partial charge in [0.05, 0.1) is 5.69 Å². The van der Waals surface area contributed by atoms with Crippen LogP contribution in [0.5, 0.6) is 0 Å². The van der Waals surface area contributed by atoms with Crippen LogP contribution in [0.25, 0.3) is 11.3 Å². The van der Waals surface area contributed by atoms with Gasteiger partial charge in [0.1, 0.15) is 0 Å². The number of benzene rings is 1. The van der Waals surface area contributed by atoms with Crippen molar-refractivity contribution in [3.8, 4) is 11.3 Å². The minimum absolute atomic E-state index is 0.659. The summed E-state index contributed by atoms with van der Waals surface area (Å²) in [6.45, 7) is 2.79. The predicted molar refractivity (Wildman–Crippen MR) is 66.2 cm³/mol. The zero-order valence-electron chi connectivity index (χ0n) is 9.53. The minimum atomic E-state index is 0.659. The lowest BCUT2D eigenvalue weighted by molar-refractivity contribution is 0.921. The van der Waals surface area contributed by atoms with Gasteiger partial charge in [-0.25, -0.2) is 0 Å². The molecule has 0 spiro atoms. The largest absolute Gasteiger partial charge is 0.330 e. The molecule has 3 nitrogen and oxygen atoms in total. The number of aromatic nitrogens is 2. The lowest BCUT2D eigenvalue weighted by Gasteiger charge is -2.03. The monoisotopic (exact) mass is 215 g/mol. The molecule has 0 radical (unpaired) electrons. The van der Waals surface area contributed by atoms with E-state index in [1.807, 2.05) is 18.2 Å². The number of nitrogens with zero attached hydrogens (tertiary/aromatic N) is 1. The second-order valence-corrected chi connectivity index (χ2v) is 3.79. The molecular formula is C13H17N3. The predicted octanol–water partition coefficient (Wildman–Crippen LogP) is 2.14. The van der Waals surface area contributed by atoms with Gasteiger partial charge >= 0.3 is 0 Å². The number of nitrogens with one attached hydrogen (secondary N) is 1. The maximum atomic E-state index is 5.65. The van der Waals surface area contributed by atoms with Crippen LogP contribution in [0.4, 0.5) is 0 Å². The Morgan fingerprint density at radius 3 is 2.62 bits per heavy atom. The highest BCUT2D eigenvalue weighted by Crippen LogP contribution is 2.24. The fraction of sp³-hybridized carbons (Fsp3) is 0.308. The summed E-state index contributed by atoms with van der Waals surface area (Å²) >= 11 is 0. The lowest BCUT2D eigenvalue weighted by atomic mass is 10.0. The summed E-state index contributed by atoms with van der Waals surface area (Å²) in [6.07, 6.45) is 1.85. The molecule has 1 aromatic heterocycles. The Hall–Kier alpha value is -1.61. The summed E-state index contributed by atoms with van der Waals surface area (Å²) in [7, 11) is 0. The van der Waals surface area contributed by atoms with Crippen molar-refractivity contribution in [1.29, 1.82) is 0 Å². The molecule has 0 aliphatic rings. The van der Waals surface area contributed by atoms with E-state index in [1.54, 1.807) is 0 Å². The smallest absolute Gasteiger partial charge is 0.0955 e. The first kappa shape index (κ1) is 10.9. The zero-order valence-corrected chi connectivity index (χ0v) is 9.53. The van der Waals surface area contributed by atoms with Gasteiger partial charge in [-0.2, -0.15) is 5.10 Å². The molecule has 1 heterocycles. The molecule has 0 unspecified atom stereocenters. The molecular weight excluding hydrogens is 198 g/mol. The van der Waals surface area contributed by atoms with Crippen LogP contribution in [0.2, 0.25) is 0 Å². The number of hydrogen-bond donors (Lipinski definition) is 2. The first-order valence-electron chi connectivity index (χ1n) is 5.68. The molecule has 0 bridgehead atoms. The highest BCUT2D eigenvalue weighted by atomic mass is 15.1. The van der Waals surface area contributed by atoms with E-state index in [0.717, 1.165) is 24.1 Å². The van der Waals surface area contributed by atoms with E-state index < -0.39 is 0 Å². The zero-order chi connectivity index (χ0) is 11.4. The summed E-state index contributed by atoms with van der Waals surface area (Å²) in [5.74, 6) is 0. The van der Waals surface area contributed by atoms with Gasteiger partial charge in [-0.15, -0.1) is 0 Å². The van der Waals surface area contributed by atoms with E-state index in [9.17, 15) is 0 Å². The maximum absolute atomic E-state index is 5.65. The van der Waals surface area contributed by atoms with Crippen LogP contribution in [0.1, 0.15) is 18.2 Å². The molecule has 84 valence electrons. The molecule has 2 aromatic rings. The lowest BCUT2D eigenvalue weighted by Crippen LogP contribution is -2.05. The van der Waals surface area contributed by atoms with Crippen molar-refractivity contribution in [1.82, 2.24) is 10.2 Å². The van der Waals surface area contributed by atoms with Gasteiger partial charge in [-0.05, 0) is 19.4 Å². The first-order valence-corrected chi connectivity index (χ1v) is 5.68. The van der Waals surface area contributed by atoms with Gasteiger partial charge in [-0.3, -0.25) is 5.10 Å². The van der Waals surface area contributed by atoms with E-state index in [0.29, 0.717) is 6.54 Å². The summed E-state index contributed by atoms with van der Waals surface area (Å²) < 4.78 is 0. The number of nitrogens with two attached hydrogens (primary N) is 1. The molecule has 3 N–H and O–H groups in total. The molecule has 0 saturated heterocycles. The van der Waals surface area contributed by atoms with Crippen molar-refractivity contribution in [2.24, 2.45) is 5.73 Å². The van der Waals surface area contributed by atoms with Crippen molar-refractivity contribution in [2.75, 3.05) is 6.54 Å². The van der Waals surface area contributed by atoms with Crippen LogP contribution < -0.4 is 5.73 Å². The van der Waals surface area contributed by atoms with Crippen molar-refractivity contribution >= 4 is 0 Å². The van der Waals surface area contributed by atoms with Crippen LogP contribution in [-0.4, -0.2) is 16.7 Å². The Labute approximate surface area is 95.7 Å². The molecule has 0 amide bonds. The number of aryl methyl sites for hydroxylation is 1. The minimum Gasteiger partial charge on any atom is -0.330 e. The van der Waals surface area contributed by atoms with Gasteiger partial charge in [0, 0.05) is 16.8 Å². The molecule has 3 heteroatoms. The van der Waals surface area contributed by atoms with Crippen LogP contribution in [0, 0.1) is 0 Å².